The highest BCUT2D eigenvalue weighted by Gasteiger charge is 2.01. The summed E-state index contributed by atoms with van der Waals surface area (Å²) in [4.78, 5) is 10.5. The molecule has 0 radical (unpaired) electrons. The van der Waals surface area contributed by atoms with E-state index in [2.05, 4.69) is 5.10 Å². The maximum Gasteiger partial charge on any atom is 0.262 e. The summed E-state index contributed by atoms with van der Waals surface area (Å²) in [6.07, 6.45) is 0. The molecule has 0 bridgehead atoms. The summed E-state index contributed by atoms with van der Waals surface area (Å²) in [6, 6.07) is 0. The van der Waals surface area contributed by atoms with Crippen molar-refractivity contribution in [1.82, 2.24) is 4.57 Å². The molecule has 6 heteroatoms. The van der Waals surface area contributed by atoms with Gasteiger partial charge in [-0.2, -0.15) is 0 Å². The molecule has 66 valence electrons. The Morgan fingerprint density at radius 3 is 3.00 bits per heavy atom. The average molecular weight is 187 g/mol. The molecular weight excluding hydrogens is 178 g/mol. The Morgan fingerprint density at radius 1 is 1.83 bits per heavy atom. The van der Waals surface area contributed by atoms with Crippen LogP contribution in [-0.4, -0.2) is 9.60 Å². The van der Waals surface area contributed by atoms with Crippen LogP contribution in [0.1, 0.15) is 12.6 Å². The fourth-order valence-electron chi connectivity index (χ4n) is 0.948. The molecule has 0 saturated heterocycles. The van der Waals surface area contributed by atoms with Gasteiger partial charge in [0.25, 0.3) is 4.80 Å². The number of nitro groups is 1. The molecule has 0 fully saturated rings. The van der Waals surface area contributed by atoms with Gasteiger partial charge in [0.1, 0.15) is 0 Å². The summed E-state index contributed by atoms with van der Waals surface area (Å²) < 4.78 is 1.80. The molecule has 0 saturated carbocycles. The maximum atomic E-state index is 10.1. The van der Waals surface area contributed by atoms with Gasteiger partial charge in [-0.1, -0.05) is 11.3 Å². The molecule has 1 aromatic rings. The quantitative estimate of drug-likeness (QED) is 0.511. The van der Waals surface area contributed by atoms with Crippen LogP contribution in [0, 0.1) is 17.0 Å². The van der Waals surface area contributed by atoms with E-state index in [1.165, 1.54) is 11.3 Å². The van der Waals surface area contributed by atoms with Gasteiger partial charge in [-0.05, 0) is 13.8 Å². The predicted molar refractivity (Wildman–Crippen MR) is 45.3 cm³/mol. The topological polar surface area (TPSA) is 60.4 Å². The van der Waals surface area contributed by atoms with E-state index in [9.17, 15) is 10.1 Å². The third-order valence-electron chi connectivity index (χ3n) is 1.47. The van der Waals surface area contributed by atoms with Crippen molar-refractivity contribution in [2.45, 2.75) is 20.4 Å². The lowest BCUT2D eigenvalue weighted by atomic mass is 10.5. The monoisotopic (exact) mass is 187 g/mol. The normalized spacial score (nSPS) is 12.0. The standard InChI is InChI=1S/C6H9N3O2S/c1-3-8-5(2)4-12-6(8)7-9(10)11/h4H,3H2,1-2H3/b7-6-. The molecule has 0 aliphatic heterocycles. The second-order valence-electron chi connectivity index (χ2n) is 2.24. The van der Waals surface area contributed by atoms with Crippen LogP contribution in [0.25, 0.3) is 0 Å². The number of hydrogen-bond donors (Lipinski definition) is 0. The van der Waals surface area contributed by atoms with Gasteiger partial charge < -0.3 is 4.57 Å². The van der Waals surface area contributed by atoms with Crippen LogP contribution in [0.4, 0.5) is 0 Å². The van der Waals surface area contributed by atoms with Crippen molar-refractivity contribution in [3.63, 3.8) is 0 Å². The van der Waals surface area contributed by atoms with E-state index in [1.807, 2.05) is 19.2 Å². The summed E-state index contributed by atoms with van der Waals surface area (Å²) in [5, 5.41) is 14.5. The van der Waals surface area contributed by atoms with Gasteiger partial charge in [-0.3, -0.25) is 0 Å². The summed E-state index contributed by atoms with van der Waals surface area (Å²) in [5.41, 5.74) is 1.00. The van der Waals surface area contributed by atoms with Crippen LogP contribution < -0.4 is 4.80 Å². The number of aromatic nitrogens is 1. The van der Waals surface area contributed by atoms with Gasteiger partial charge >= 0.3 is 0 Å². The summed E-state index contributed by atoms with van der Waals surface area (Å²) in [7, 11) is 0. The Labute approximate surface area is 73.1 Å². The first-order valence-corrected chi connectivity index (χ1v) is 4.37. The minimum Gasteiger partial charge on any atom is -0.316 e. The molecule has 0 unspecified atom stereocenters. The molecule has 0 aliphatic carbocycles. The summed E-state index contributed by atoms with van der Waals surface area (Å²) >= 11 is 1.28. The zero-order valence-electron chi connectivity index (χ0n) is 6.85. The SMILES string of the molecule is CCn1c(C)cs/c1=N\[N+](=O)[O-]. The van der Waals surface area contributed by atoms with E-state index >= 15 is 0 Å². The summed E-state index contributed by atoms with van der Waals surface area (Å²) in [6.45, 7) is 4.54. The first kappa shape index (κ1) is 8.92. The molecule has 1 heterocycles. The molecule has 1 aromatic heterocycles. The minimum atomic E-state index is -0.669. The first-order valence-electron chi connectivity index (χ1n) is 3.49. The van der Waals surface area contributed by atoms with Crippen molar-refractivity contribution >= 4 is 11.3 Å². The largest absolute Gasteiger partial charge is 0.316 e. The van der Waals surface area contributed by atoms with Gasteiger partial charge in [0, 0.05) is 17.6 Å². The highest BCUT2D eigenvalue weighted by Crippen LogP contribution is 1.98. The van der Waals surface area contributed by atoms with Gasteiger partial charge in [-0.25, -0.2) is 10.1 Å². The van der Waals surface area contributed by atoms with Crippen LogP contribution in [0.15, 0.2) is 10.5 Å². The van der Waals surface area contributed by atoms with Crippen molar-refractivity contribution in [3.05, 3.63) is 26.0 Å². The van der Waals surface area contributed by atoms with Gasteiger partial charge in [-0.15, -0.1) is 0 Å². The molecule has 0 aromatic carbocycles. The molecule has 1 rings (SSSR count). The molecule has 0 spiro atoms. The predicted octanol–water partition coefficient (Wildman–Crippen LogP) is 0.970. The number of nitrogens with zero attached hydrogens (tertiary/aromatic N) is 3. The molecule has 0 N–H and O–H groups in total. The highest BCUT2D eigenvalue weighted by atomic mass is 32.1. The Bertz CT molecular complexity index is 352. The maximum absolute atomic E-state index is 10.1. The van der Waals surface area contributed by atoms with Crippen LogP contribution in [0.2, 0.25) is 0 Å². The van der Waals surface area contributed by atoms with Crippen LogP contribution in [0.3, 0.4) is 0 Å². The van der Waals surface area contributed by atoms with E-state index in [0.717, 1.165) is 5.69 Å². The van der Waals surface area contributed by atoms with Crippen molar-refractivity contribution in [2.75, 3.05) is 0 Å². The number of rotatable bonds is 2. The van der Waals surface area contributed by atoms with Gasteiger partial charge in [0.2, 0.25) is 0 Å². The minimum absolute atomic E-state index is 0.444. The lowest BCUT2D eigenvalue weighted by molar-refractivity contribution is -0.490. The van der Waals surface area contributed by atoms with E-state index in [1.54, 1.807) is 4.57 Å². The van der Waals surface area contributed by atoms with E-state index in [-0.39, 0.29) is 0 Å². The van der Waals surface area contributed by atoms with Gasteiger partial charge in [0.05, 0.1) is 5.10 Å². The molecule has 0 aliphatic rings. The third-order valence-corrected chi connectivity index (χ3v) is 2.45. The summed E-state index contributed by atoms with van der Waals surface area (Å²) in [5.74, 6) is 0. The Hall–Kier alpha value is -1.17. The number of hydrogen-bond acceptors (Lipinski definition) is 3. The fourth-order valence-corrected chi connectivity index (χ4v) is 1.87. The van der Waals surface area contributed by atoms with Crippen LogP contribution in [0.5, 0.6) is 0 Å². The van der Waals surface area contributed by atoms with Crippen LogP contribution >= 0.6 is 11.3 Å². The fraction of sp³-hybridized carbons (Fsp3) is 0.500. The molecule has 0 amide bonds. The third kappa shape index (κ3) is 1.70. The number of aryl methyl sites for hydroxylation is 1. The lowest BCUT2D eigenvalue weighted by Gasteiger charge is -1.96. The zero-order chi connectivity index (χ0) is 9.14. The second kappa shape index (κ2) is 3.48. The van der Waals surface area contributed by atoms with E-state index in [0.29, 0.717) is 11.3 Å². The van der Waals surface area contributed by atoms with Crippen molar-refractivity contribution in [3.8, 4) is 0 Å². The van der Waals surface area contributed by atoms with E-state index in [4.69, 9.17) is 0 Å². The van der Waals surface area contributed by atoms with Gasteiger partial charge in [0.15, 0.2) is 5.03 Å². The first-order chi connectivity index (χ1) is 5.65. The van der Waals surface area contributed by atoms with E-state index < -0.39 is 5.03 Å². The smallest absolute Gasteiger partial charge is 0.262 e. The van der Waals surface area contributed by atoms with Crippen LogP contribution in [-0.2, 0) is 6.54 Å². The molecule has 12 heavy (non-hydrogen) atoms. The Kier molecular flexibility index (Phi) is 2.59. The average Bonchev–Trinajstić information content (AvgIpc) is 2.30. The highest BCUT2D eigenvalue weighted by molar-refractivity contribution is 7.07. The molecule has 0 atom stereocenters. The Balaban J connectivity index is 3.24. The number of thiazole rings is 1. The van der Waals surface area contributed by atoms with Crippen molar-refractivity contribution < 1.29 is 5.03 Å². The Morgan fingerprint density at radius 2 is 2.50 bits per heavy atom. The van der Waals surface area contributed by atoms with Crippen molar-refractivity contribution in [1.29, 1.82) is 0 Å². The van der Waals surface area contributed by atoms with Crippen molar-refractivity contribution in [2.24, 2.45) is 5.10 Å². The zero-order valence-corrected chi connectivity index (χ0v) is 7.67. The molecule has 5 nitrogen and oxygen atoms in total. The molecular formula is C6H9N3O2S. The lowest BCUT2D eigenvalue weighted by Crippen LogP contribution is -2.16. The second-order valence-corrected chi connectivity index (χ2v) is 3.08.